The van der Waals surface area contributed by atoms with Gasteiger partial charge in [0.25, 0.3) is 0 Å². The lowest BCUT2D eigenvalue weighted by Crippen LogP contribution is -2.31. The SMILES string of the molecule is COc1ccc(OC)c(S(=O)(=O)N2CCC[C@@H]2c2ccccc2)c1. The maximum atomic E-state index is 13.3. The molecule has 3 rings (SSSR count). The minimum atomic E-state index is -3.68. The number of methoxy groups -OCH3 is 2. The largest absolute Gasteiger partial charge is 0.497 e. The van der Waals surface area contributed by atoms with Crippen LogP contribution in [0.5, 0.6) is 11.5 Å². The van der Waals surface area contributed by atoms with E-state index in [9.17, 15) is 8.42 Å². The first-order valence-electron chi connectivity index (χ1n) is 7.86. The zero-order valence-electron chi connectivity index (χ0n) is 13.8. The molecule has 0 bridgehead atoms. The predicted octanol–water partition coefficient (Wildman–Crippen LogP) is 3.23. The third-order valence-electron chi connectivity index (χ3n) is 4.35. The summed E-state index contributed by atoms with van der Waals surface area (Å²) in [6, 6.07) is 14.4. The van der Waals surface area contributed by atoms with Gasteiger partial charge < -0.3 is 9.47 Å². The van der Waals surface area contributed by atoms with Crippen molar-refractivity contribution < 1.29 is 17.9 Å². The van der Waals surface area contributed by atoms with Gasteiger partial charge in [-0.2, -0.15) is 4.31 Å². The van der Waals surface area contributed by atoms with E-state index in [0.29, 0.717) is 18.0 Å². The van der Waals surface area contributed by atoms with Crippen LogP contribution in [0, 0.1) is 0 Å². The van der Waals surface area contributed by atoms with Crippen molar-refractivity contribution in [3.63, 3.8) is 0 Å². The van der Waals surface area contributed by atoms with Crippen LogP contribution in [-0.4, -0.2) is 33.5 Å². The van der Waals surface area contributed by atoms with Crippen LogP contribution in [0.3, 0.4) is 0 Å². The number of hydrogen-bond donors (Lipinski definition) is 0. The Morgan fingerprint density at radius 1 is 1.04 bits per heavy atom. The van der Waals surface area contributed by atoms with E-state index >= 15 is 0 Å². The number of ether oxygens (including phenoxy) is 2. The minimum Gasteiger partial charge on any atom is -0.497 e. The van der Waals surface area contributed by atoms with Crippen molar-refractivity contribution >= 4 is 10.0 Å². The number of sulfonamides is 1. The van der Waals surface area contributed by atoms with Gasteiger partial charge in [0.1, 0.15) is 16.4 Å². The summed E-state index contributed by atoms with van der Waals surface area (Å²) in [5.74, 6) is 0.819. The molecule has 1 aliphatic rings. The van der Waals surface area contributed by atoms with Gasteiger partial charge in [-0.25, -0.2) is 8.42 Å². The average molecular weight is 347 g/mol. The summed E-state index contributed by atoms with van der Waals surface area (Å²) >= 11 is 0. The van der Waals surface area contributed by atoms with Crippen molar-refractivity contribution in [2.75, 3.05) is 20.8 Å². The van der Waals surface area contributed by atoms with Gasteiger partial charge in [-0.05, 0) is 30.5 Å². The number of benzene rings is 2. The molecule has 0 radical (unpaired) electrons. The van der Waals surface area contributed by atoms with Crippen LogP contribution in [0.15, 0.2) is 53.4 Å². The third-order valence-corrected chi connectivity index (χ3v) is 6.27. The highest BCUT2D eigenvalue weighted by atomic mass is 32.2. The van der Waals surface area contributed by atoms with Crippen molar-refractivity contribution in [2.45, 2.75) is 23.8 Å². The van der Waals surface area contributed by atoms with Crippen LogP contribution in [-0.2, 0) is 10.0 Å². The molecule has 24 heavy (non-hydrogen) atoms. The predicted molar refractivity (Wildman–Crippen MR) is 91.9 cm³/mol. The molecule has 0 aromatic heterocycles. The van der Waals surface area contributed by atoms with Gasteiger partial charge in [-0.1, -0.05) is 30.3 Å². The van der Waals surface area contributed by atoms with Crippen molar-refractivity contribution in [3.8, 4) is 11.5 Å². The molecule has 1 saturated heterocycles. The van der Waals surface area contributed by atoms with Crippen molar-refractivity contribution in [2.24, 2.45) is 0 Å². The molecule has 1 aliphatic heterocycles. The second kappa shape index (κ2) is 6.83. The van der Waals surface area contributed by atoms with Gasteiger partial charge in [0.2, 0.25) is 10.0 Å². The Labute approximate surface area is 142 Å². The Balaban J connectivity index is 2.04. The molecule has 0 unspecified atom stereocenters. The standard InChI is InChI=1S/C18H21NO4S/c1-22-15-10-11-17(23-2)18(13-15)24(20,21)19-12-6-9-16(19)14-7-4-3-5-8-14/h3-5,7-8,10-11,13,16H,6,9,12H2,1-2H3/t16-/m1/s1. The van der Waals surface area contributed by atoms with Crippen molar-refractivity contribution in [1.82, 2.24) is 4.31 Å². The van der Waals surface area contributed by atoms with Gasteiger partial charge in [-0.15, -0.1) is 0 Å². The van der Waals surface area contributed by atoms with Crippen LogP contribution in [0.2, 0.25) is 0 Å². The fraction of sp³-hybridized carbons (Fsp3) is 0.333. The number of nitrogens with zero attached hydrogens (tertiary/aromatic N) is 1. The summed E-state index contributed by atoms with van der Waals surface area (Å²) in [5, 5.41) is 0. The Kier molecular flexibility index (Phi) is 4.78. The van der Waals surface area contributed by atoms with E-state index in [1.54, 1.807) is 16.4 Å². The van der Waals surface area contributed by atoms with E-state index in [1.807, 2.05) is 30.3 Å². The van der Waals surface area contributed by atoms with Crippen LogP contribution >= 0.6 is 0 Å². The van der Waals surface area contributed by atoms with Crippen LogP contribution in [0.1, 0.15) is 24.4 Å². The van der Waals surface area contributed by atoms with E-state index in [4.69, 9.17) is 9.47 Å². The zero-order valence-corrected chi connectivity index (χ0v) is 14.6. The summed E-state index contributed by atoms with van der Waals surface area (Å²) in [5.41, 5.74) is 1.01. The lowest BCUT2D eigenvalue weighted by atomic mass is 10.1. The zero-order chi connectivity index (χ0) is 17.2. The molecule has 2 aromatic rings. The van der Waals surface area contributed by atoms with E-state index in [-0.39, 0.29) is 10.9 Å². The van der Waals surface area contributed by atoms with Gasteiger partial charge in [0.05, 0.1) is 20.3 Å². The van der Waals surface area contributed by atoms with Gasteiger partial charge >= 0.3 is 0 Å². The van der Waals surface area contributed by atoms with E-state index in [2.05, 4.69) is 0 Å². The molecule has 5 nitrogen and oxygen atoms in total. The molecule has 2 aromatic carbocycles. The maximum Gasteiger partial charge on any atom is 0.247 e. The molecular formula is C18H21NO4S. The normalized spacial score (nSPS) is 18.5. The second-order valence-electron chi connectivity index (χ2n) is 5.70. The molecule has 0 amide bonds. The monoisotopic (exact) mass is 347 g/mol. The smallest absolute Gasteiger partial charge is 0.247 e. The topological polar surface area (TPSA) is 55.8 Å². The lowest BCUT2D eigenvalue weighted by molar-refractivity contribution is 0.376. The first-order valence-corrected chi connectivity index (χ1v) is 9.30. The maximum absolute atomic E-state index is 13.3. The van der Waals surface area contributed by atoms with Crippen molar-refractivity contribution in [3.05, 3.63) is 54.1 Å². The van der Waals surface area contributed by atoms with Gasteiger partial charge in [0.15, 0.2) is 0 Å². The van der Waals surface area contributed by atoms with Gasteiger partial charge in [0, 0.05) is 12.6 Å². The van der Waals surface area contributed by atoms with Crippen LogP contribution in [0.4, 0.5) is 0 Å². The van der Waals surface area contributed by atoms with E-state index < -0.39 is 10.0 Å². The summed E-state index contributed by atoms with van der Waals surface area (Å²) in [4.78, 5) is 0.146. The van der Waals surface area contributed by atoms with Crippen molar-refractivity contribution in [1.29, 1.82) is 0 Å². The number of rotatable bonds is 5. The fourth-order valence-electron chi connectivity index (χ4n) is 3.15. The van der Waals surface area contributed by atoms with E-state index in [1.165, 1.54) is 20.3 Å². The fourth-order valence-corrected chi connectivity index (χ4v) is 5.00. The number of hydrogen-bond acceptors (Lipinski definition) is 4. The molecule has 1 atom stereocenters. The molecule has 0 aliphatic carbocycles. The molecular weight excluding hydrogens is 326 g/mol. The molecule has 0 saturated carbocycles. The Morgan fingerprint density at radius 3 is 2.46 bits per heavy atom. The molecule has 0 N–H and O–H groups in total. The summed E-state index contributed by atoms with van der Waals surface area (Å²) in [7, 11) is -0.697. The second-order valence-corrected chi connectivity index (χ2v) is 7.56. The first kappa shape index (κ1) is 16.8. The molecule has 1 heterocycles. The Hall–Kier alpha value is -2.05. The molecule has 1 fully saturated rings. The Morgan fingerprint density at radius 2 is 1.79 bits per heavy atom. The third kappa shape index (κ3) is 2.99. The van der Waals surface area contributed by atoms with Crippen LogP contribution in [0.25, 0.3) is 0 Å². The lowest BCUT2D eigenvalue weighted by Gasteiger charge is -2.25. The molecule has 128 valence electrons. The summed E-state index contributed by atoms with van der Waals surface area (Å²) in [6.45, 7) is 0.502. The average Bonchev–Trinajstić information content (AvgIpc) is 3.12. The highest BCUT2D eigenvalue weighted by Crippen LogP contribution is 2.39. The van der Waals surface area contributed by atoms with Gasteiger partial charge in [-0.3, -0.25) is 0 Å². The summed E-state index contributed by atoms with van der Waals surface area (Å²) in [6.07, 6.45) is 1.65. The summed E-state index contributed by atoms with van der Waals surface area (Å²) < 4.78 is 38.5. The first-order chi connectivity index (χ1) is 11.6. The quantitative estimate of drug-likeness (QED) is 0.833. The Bertz CT molecular complexity index is 805. The highest BCUT2D eigenvalue weighted by molar-refractivity contribution is 7.89. The molecule has 0 spiro atoms. The van der Waals surface area contributed by atoms with E-state index in [0.717, 1.165) is 18.4 Å². The van der Waals surface area contributed by atoms with Crippen LogP contribution < -0.4 is 9.47 Å². The highest BCUT2D eigenvalue weighted by Gasteiger charge is 2.37. The minimum absolute atomic E-state index is 0.146. The molecule has 6 heteroatoms.